The molecule has 0 bridgehead atoms. The highest BCUT2D eigenvalue weighted by Crippen LogP contribution is 2.30. The molecule has 0 amide bonds. The van der Waals surface area contributed by atoms with Crippen LogP contribution in [0, 0.1) is 0 Å². The first kappa shape index (κ1) is 27.1. The van der Waals surface area contributed by atoms with Gasteiger partial charge in [-0.1, -0.05) is 5.04 Å². The Morgan fingerprint density at radius 1 is 0.815 bits per heavy atom. The van der Waals surface area contributed by atoms with Gasteiger partial charge < -0.3 is 9.47 Å². The van der Waals surface area contributed by atoms with Crippen LogP contribution in [0.3, 0.4) is 0 Å². The van der Waals surface area contributed by atoms with Gasteiger partial charge in [-0.05, 0) is 72.6 Å². The lowest BCUT2D eigenvalue weighted by molar-refractivity contribution is -0.432. The van der Waals surface area contributed by atoms with E-state index in [1.165, 1.54) is 13.8 Å². The molecule has 0 rings (SSSR count). The monoisotopic (exact) mass is 432 g/mol. The van der Waals surface area contributed by atoms with Crippen molar-refractivity contribution < 1.29 is 37.1 Å². The fourth-order valence-electron chi connectivity index (χ4n) is 2.25. The van der Waals surface area contributed by atoms with Crippen molar-refractivity contribution in [2.75, 3.05) is 26.4 Å². The van der Waals surface area contributed by atoms with E-state index in [0.717, 1.165) is 44.1 Å². The molecule has 0 aromatic rings. The van der Waals surface area contributed by atoms with Crippen molar-refractivity contribution in [1.82, 2.24) is 0 Å². The topological polar surface area (TPSA) is 112 Å². The maximum absolute atomic E-state index is 11.2. The summed E-state index contributed by atoms with van der Waals surface area (Å²) in [7, 11) is -4.01. The average Bonchev–Trinajstić information content (AvgIpc) is 2.56. The van der Waals surface area contributed by atoms with Crippen LogP contribution in [-0.4, -0.2) is 54.1 Å². The molecule has 0 atom stereocenters. The Balaban J connectivity index is 3.42. The quantitative estimate of drug-likeness (QED) is 0.108. The molecule has 0 spiro atoms. The van der Waals surface area contributed by atoms with Crippen molar-refractivity contribution >= 4 is 22.2 Å². The van der Waals surface area contributed by atoms with Gasteiger partial charge in [-0.3, -0.25) is 4.55 Å². The first-order valence-electron chi connectivity index (χ1n) is 9.30. The number of rotatable bonds is 18. The van der Waals surface area contributed by atoms with Gasteiger partial charge in [0.15, 0.2) is 0 Å². The van der Waals surface area contributed by atoms with Gasteiger partial charge in [0.05, 0.1) is 4.75 Å². The summed E-state index contributed by atoms with van der Waals surface area (Å²) in [6.07, 6.45) is 5.54. The predicted octanol–water partition coefficient (Wildman–Crippen LogP) is 4.26. The fourth-order valence-corrected chi connectivity index (χ4v) is 3.10. The summed E-state index contributed by atoms with van der Waals surface area (Å²) in [5.41, 5.74) is 0. The van der Waals surface area contributed by atoms with Crippen LogP contribution in [0.1, 0.15) is 72.6 Å². The standard InChI is InChI=1S/C17H36O8S2/c1-16(2,26-25-24-18)10-5-7-12-22-14-9-15-23-13-8-6-11-17(3,4)27(19,20)21/h18H,5-15H2,1-4H3,(H,19,20,21). The van der Waals surface area contributed by atoms with Gasteiger partial charge in [0.1, 0.15) is 0 Å². The van der Waals surface area contributed by atoms with Crippen molar-refractivity contribution in [2.24, 2.45) is 0 Å². The number of hydrogen-bond acceptors (Lipinski definition) is 8. The maximum atomic E-state index is 11.2. The molecular weight excluding hydrogens is 396 g/mol. The molecule has 0 heterocycles. The van der Waals surface area contributed by atoms with Crippen LogP contribution in [0.4, 0.5) is 0 Å². The molecular formula is C17H36O8S2. The molecule has 0 fully saturated rings. The Morgan fingerprint density at radius 3 is 1.78 bits per heavy atom. The molecule has 0 aliphatic rings. The van der Waals surface area contributed by atoms with Gasteiger partial charge in [0.25, 0.3) is 10.1 Å². The van der Waals surface area contributed by atoms with Crippen LogP contribution in [0.25, 0.3) is 0 Å². The normalized spacial score (nSPS) is 13.3. The van der Waals surface area contributed by atoms with Crippen LogP contribution in [0.5, 0.6) is 0 Å². The van der Waals surface area contributed by atoms with Gasteiger partial charge in [-0.15, -0.1) is 4.33 Å². The molecule has 0 radical (unpaired) electrons. The molecule has 0 aromatic heterocycles. The molecule has 10 heteroatoms. The zero-order valence-electron chi connectivity index (χ0n) is 16.9. The lowest BCUT2D eigenvalue weighted by Crippen LogP contribution is -2.31. The van der Waals surface area contributed by atoms with Crippen LogP contribution in [0.2, 0.25) is 0 Å². The summed E-state index contributed by atoms with van der Waals surface area (Å²) in [5.74, 6) is 0. The molecule has 0 saturated heterocycles. The molecule has 0 unspecified atom stereocenters. The lowest BCUT2D eigenvalue weighted by Gasteiger charge is -2.20. The molecule has 164 valence electrons. The smallest absolute Gasteiger partial charge is 0.270 e. The average molecular weight is 433 g/mol. The summed E-state index contributed by atoms with van der Waals surface area (Å²) in [6.45, 7) is 9.61. The largest absolute Gasteiger partial charge is 0.381 e. The van der Waals surface area contributed by atoms with Gasteiger partial charge in [0, 0.05) is 43.2 Å². The SMILES string of the molecule is CC(C)(CCCCOCCCOCCCCC(C)(C)S(=O)(=O)O)SOOO. The van der Waals surface area contributed by atoms with E-state index < -0.39 is 14.9 Å². The van der Waals surface area contributed by atoms with E-state index in [9.17, 15) is 8.42 Å². The zero-order valence-corrected chi connectivity index (χ0v) is 18.6. The highest BCUT2D eigenvalue weighted by molar-refractivity contribution is 7.95. The summed E-state index contributed by atoms with van der Waals surface area (Å²) in [6, 6.07) is 0. The van der Waals surface area contributed by atoms with Crippen LogP contribution >= 0.6 is 12.0 Å². The van der Waals surface area contributed by atoms with E-state index in [2.05, 4.69) is 9.37 Å². The van der Waals surface area contributed by atoms with Gasteiger partial charge in [0.2, 0.25) is 0 Å². The Morgan fingerprint density at radius 2 is 1.30 bits per heavy atom. The zero-order chi connectivity index (χ0) is 20.8. The first-order valence-corrected chi connectivity index (χ1v) is 11.5. The van der Waals surface area contributed by atoms with Crippen LogP contribution in [0.15, 0.2) is 0 Å². The summed E-state index contributed by atoms with van der Waals surface area (Å²) in [5, 5.41) is 11.8. The van der Waals surface area contributed by atoms with E-state index in [-0.39, 0.29) is 4.75 Å². The van der Waals surface area contributed by atoms with Crippen molar-refractivity contribution in [3.63, 3.8) is 0 Å². The van der Waals surface area contributed by atoms with E-state index in [0.29, 0.717) is 39.3 Å². The van der Waals surface area contributed by atoms with Crippen LogP contribution < -0.4 is 0 Å². The van der Waals surface area contributed by atoms with Crippen molar-refractivity contribution in [1.29, 1.82) is 0 Å². The predicted molar refractivity (Wildman–Crippen MR) is 106 cm³/mol. The second-order valence-corrected chi connectivity index (χ2v) is 11.2. The molecule has 0 aliphatic heterocycles. The van der Waals surface area contributed by atoms with Crippen molar-refractivity contribution in [3.05, 3.63) is 0 Å². The fraction of sp³-hybridized carbons (Fsp3) is 1.00. The van der Waals surface area contributed by atoms with E-state index in [1.54, 1.807) is 0 Å². The van der Waals surface area contributed by atoms with Crippen LogP contribution in [-0.2, 0) is 29.0 Å². The minimum atomic E-state index is -4.01. The second-order valence-electron chi connectivity index (χ2n) is 7.71. The van der Waals surface area contributed by atoms with E-state index >= 15 is 0 Å². The highest BCUT2D eigenvalue weighted by atomic mass is 32.2. The maximum Gasteiger partial charge on any atom is 0.270 e. The second kappa shape index (κ2) is 14.1. The summed E-state index contributed by atoms with van der Waals surface area (Å²) < 4.78 is 45.7. The third-order valence-corrected chi connectivity index (χ3v) is 6.59. The minimum absolute atomic E-state index is 0.132. The minimum Gasteiger partial charge on any atom is -0.381 e. The third-order valence-electron chi connectivity index (χ3n) is 4.20. The van der Waals surface area contributed by atoms with E-state index in [1.807, 2.05) is 13.8 Å². The molecule has 2 N–H and O–H groups in total. The molecule has 0 saturated carbocycles. The number of ether oxygens (including phenoxy) is 2. The number of unbranched alkanes of at least 4 members (excludes halogenated alkanes) is 2. The Bertz CT molecular complexity index is 466. The molecule has 8 nitrogen and oxygen atoms in total. The van der Waals surface area contributed by atoms with Gasteiger partial charge in [-0.25, -0.2) is 5.26 Å². The molecule has 27 heavy (non-hydrogen) atoms. The Hall–Kier alpha value is 0.0600. The first-order chi connectivity index (χ1) is 12.5. The highest BCUT2D eigenvalue weighted by Gasteiger charge is 2.31. The summed E-state index contributed by atoms with van der Waals surface area (Å²) >= 11 is 1.09. The Labute approximate surface area is 168 Å². The lowest BCUT2D eigenvalue weighted by atomic mass is 10.1. The molecule has 0 aromatic carbocycles. The Kier molecular flexibility index (Phi) is 14.1. The third kappa shape index (κ3) is 14.7. The van der Waals surface area contributed by atoms with Crippen molar-refractivity contribution in [2.45, 2.75) is 82.1 Å². The summed E-state index contributed by atoms with van der Waals surface area (Å²) in [4.78, 5) is 0. The van der Waals surface area contributed by atoms with E-state index in [4.69, 9.17) is 19.3 Å². The van der Waals surface area contributed by atoms with Gasteiger partial charge >= 0.3 is 0 Å². The number of hydrogen-bond donors (Lipinski definition) is 2. The van der Waals surface area contributed by atoms with Gasteiger partial charge in [-0.2, -0.15) is 8.42 Å². The molecule has 0 aliphatic carbocycles. The van der Waals surface area contributed by atoms with Crippen molar-refractivity contribution in [3.8, 4) is 0 Å².